The summed E-state index contributed by atoms with van der Waals surface area (Å²) in [4.78, 5) is 0. The Kier molecular flexibility index (Phi) is 1.13. The summed E-state index contributed by atoms with van der Waals surface area (Å²) >= 11 is 0. The van der Waals surface area contributed by atoms with Crippen molar-refractivity contribution in [1.82, 2.24) is 0 Å². The maximum atomic E-state index is 9.85. The zero-order chi connectivity index (χ0) is 8.51. The average molecular weight is 170 g/mol. The average Bonchev–Trinajstić information content (AvgIpc) is 2.56. The van der Waals surface area contributed by atoms with E-state index in [1.807, 2.05) is 6.92 Å². The van der Waals surface area contributed by atoms with Crippen molar-refractivity contribution in [2.24, 2.45) is 17.8 Å². The molecule has 12 heavy (non-hydrogen) atoms. The van der Waals surface area contributed by atoms with E-state index in [0.29, 0.717) is 17.8 Å². The second kappa shape index (κ2) is 1.86. The number of aliphatic hydroxyl groups is 2. The van der Waals surface area contributed by atoms with Crippen LogP contribution in [0.15, 0.2) is 0 Å². The fraction of sp³-hybridized carbons (Fsp3) is 1.00. The van der Waals surface area contributed by atoms with Gasteiger partial charge in [0.25, 0.3) is 0 Å². The Bertz CT molecular complexity index is 228. The van der Waals surface area contributed by atoms with Crippen molar-refractivity contribution in [3.05, 3.63) is 0 Å². The summed E-state index contributed by atoms with van der Waals surface area (Å²) in [6.07, 6.45) is 1.01. The molecule has 5 unspecified atom stereocenters. The SMILES string of the molecule is CC12O[C@H](O)C3CC(CC31)C2O. The first-order valence-electron chi connectivity index (χ1n) is 4.67. The molecule has 1 saturated heterocycles. The van der Waals surface area contributed by atoms with Gasteiger partial charge in [0.2, 0.25) is 0 Å². The van der Waals surface area contributed by atoms with Gasteiger partial charge in [-0.2, -0.15) is 0 Å². The third-order valence-corrected chi connectivity index (χ3v) is 4.16. The number of hydrogen-bond acceptors (Lipinski definition) is 3. The predicted octanol–water partition coefficient (Wildman–Crippen LogP) is 0.111. The van der Waals surface area contributed by atoms with Crippen molar-refractivity contribution >= 4 is 0 Å². The molecule has 2 N–H and O–H groups in total. The van der Waals surface area contributed by atoms with Gasteiger partial charge in [0.15, 0.2) is 6.29 Å². The van der Waals surface area contributed by atoms with Crippen LogP contribution >= 0.6 is 0 Å². The topological polar surface area (TPSA) is 49.7 Å². The highest BCUT2D eigenvalue weighted by molar-refractivity contribution is 5.13. The molecular formula is C9H14O3. The molecule has 2 aliphatic carbocycles. The third-order valence-electron chi connectivity index (χ3n) is 4.16. The summed E-state index contributed by atoms with van der Waals surface area (Å²) in [6, 6.07) is 0. The molecule has 3 rings (SSSR count). The minimum absolute atomic E-state index is 0.295. The standard InChI is InChI=1S/C9H14O3/c1-9-6-3-4(7(9)10)2-5(6)8(11)12-9/h4-8,10-11H,2-3H2,1H3/t4?,5?,6?,7?,8-,9?/m0/s1. The smallest absolute Gasteiger partial charge is 0.158 e. The fourth-order valence-corrected chi connectivity index (χ4v) is 3.54. The maximum Gasteiger partial charge on any atom is 0.158 e. The van der Waals surface area contributed by atoms with Gasteiger partial charge >= 0.3 is 0 Å². The van der Waals surface area contributed by atoms with Crippen molar-refractivity contribution < 1.29 is 14.9 Å². The van der Waals surface area contributed by atoms with E-state index in [1.54, 1.807) is 0 Å². The number of ether oxygens (including phenoxy) is 1. The first-order chi connectivity index (χ1) is 5.63. The van der Waals surface area contributed by atoms with E-state index in [1.165, 1.54) is 0 Å². The summed E-state index contributed by atoms with van der Waals surface area (Å²) in [6.45, 7) is 1.94. The van der Waals surface area contributed by atoms with Crippen molar-refractivity contribution in [2.45, 2.75) is 37.8 Å². The van der Waals surface area contributed by atoms with Crippen LogP contribution in [0.3, 0.4) is 0 Å². The molecule has 0 radical (unpaired) electrons. The molecule has 3 aliphatic rings. The lowest BCUT2D eigenvalue weighted by atomic mass is 9.79. The van der Waals surface area contributed by atoms with Crippen LogP contribution in [0.1, 0.15) is 19.8 Å². The van der Waals surface area contributed by atoms with Crippen LogP contribution in [0.25, 0.3) is 0 Å². The Morgan fingerprint density at radius 1 is 1.33 bits per heavy atom. The van der Waals surface area contributed by atoms with Crippen LogP contribution < -0.4 is 0 Å². The molecule has 68 valence electrons. The van der Waals surface area contributed by atoms with Crippen LogP contribution in [-0.4, -0.2) is 28.2 Å². The molecule has 0 amide bonds. The molecule has 3 nitrogen and oxygen atoms in total. The van der Waals surface area contributed by atoms with E-state index in [4.69, 9.17) is 4.74 Å². The third kappa shape index (κ3) is 0.573. The van der Waals surface area contributed by atoms with Crippen LogP contribution in [0.4, 0.5) is 0 Å². The lowest BCUT2D eigenvalue weighted by Crippen LogP contribution is -2.43. The van der Waals surface area contributed by atoms with Gasteiger partial charge in [0.1, 0.15) is 0 Å². The monoisotopic (exact) mass is 170 g/mol. The van der Waals surface area contributed by atoms with E-state index in [9.17, 15) is 10.2 Å². The molecule has 1 heterocycles. The van der Waals surface area contributed by atoms with Crippen molar-refractivity contribution in [3.8, 4) is 0 Å². The first kappa shape index (κ1) is 7.30. The van der Waals surface area contributed by atoms with Gasteiger partial charge in [-0.1, -0.05) is 0 Å². The van der Waals surface area contributed by atoms with Gasteiger partial charge in [0.05, 0.1) is 11.7 Å². The van der Waals surface area contributed by atoms with Crippen molar-refractivity contribution in [2.75, 3.05) is 0 Å². The fourth-order valence-electron chi connectivity index (χ4n) is 3.54. The van der Waals surface area contributed by atoms with Crippen LogP contribution in [0.2, 0.25) is 0 Å². The summed E-state index contributed by atoms with van der Waals surface area (Å²) in [5, 5.41) is 19.4. The highest BCUT2D eigenvalue weighted by Gasteiger charge is 2.67. The van der Waals surface area contributed by atoms with Gasteiger partial charge < -0.3 is 14.9 Å². The molecule has 2 bridgehead atoms. The van der Waals surface area contributed by atoms with Crippen molar-refractivity contribution in [3.63, 3.8) is 0 Å². The molecular weight excluding hydrogens is 156 g/mol. The number of rotatable bonds is 0. The number of hydrogen-bond donors (Lipinski definition) is 2. The van der Waals surface area contributed by atoms with Gasteiger partial charge in [0, 0.05) is 5.92 Å². The van der Waals surface area contributed by atoms with E-state index in [2.05, 4.69) is 0 Å². The van der Waals surface area contributed by atoms with Gasteiger partial charge in [-0.15, -0.1) is 0 Å². The lowest BCUT2D eigenvalue weighted by molar-refractivity contribution is -0.167. The molecule has 0 aromatic rings. The van der Waals surface area contributed by atoms with E-state index < -0.39 is 11.9 Å². The molecule has 2 saturated carbocycles. The second-order valence-electron chi connectivity index (χ2n) is 4.64. The Hall–Kier alpha value is -0.120. The Labute approximate surface area is 71.3 Å². The maximum absolute atomic E-state index is 9.85. The molecule has 0 aromatic carbocycles. The van der Waals surface area contributed by atoms with Gasteiger partial charge in [-0.25, -0.2) is 0 Å². The molecule has 0 spiro atoms. The Balaban J connectivity index is 2.05. The normalized spacial score (nSPS) is 67.8. The zero-order valence-corrected chi connectivity index (χ0v) is 7.10. The number of fused-ring (bicyclic) bond motifs is 1. The van der Waals surface area contributed by atoms with E-state index >= 15 is 0 Å². The molecule has 1 aliphatic heterocycles. The molecule has 0 aromatic heterocycles. The lowest BCUT2D eigenvalue weighted by Gasteiger charge is -2.31. The van der Waals surface area contributed by atoms with Crippen molar-refractivity contribution in [1.29, 1.82) is 0 Å². The molecule has 3 heteroatoms. The predicted molar refractivity (Wildman–Crippen MR) is 41.2 cm³/mol. The minimum atomic E-state index is -0.623. The zero-order valence-electron chi connectivity index (χ0n) is 7.10. The summed E-state index contributed by atoms with van der Waals surface area (Å²) in [7, 11) is 0. The molecule has 6 atom stereocenters. The summed E-state index contributed by atoms with van der Waals surface area (Å²) < 4.78 is 5.44. The Morgan fingerprint density at radius 2 is 2.08 bits per heavy atom. The summed E-state index contributed by atoms with van der Waals surface area (Å²) in [5.74, 6) is 1.07. The molecule has 3 fully saturated rings. The summed E-state index contributed by atoms with van der Waals surface area (Å²) in [5.41, 5.74) is -0.438. The van der Waals surface area contributed by atoms with E-state index in [-0.39, 0.29) is 6.10 Å². The quantitative estimate of drug-likeness (QED) is 0.542. The highest BCUT2D eigenvalue weighted by Crippen LogP contribution is 2.61. The minimum Gasteiger partial charge on any atom is -0.390 e. The number of aliphatic hydroxyl groups excluding tert-OH is 2. The van der Waals surface area contributed by atoms with Crippen LogP contribution in [0, 0.1) is 17.8 Å². The van der Waals surface area contributed by atoms with Gasteiger partial charge in [-0.3, -0.25) is 0 Å². The van der Waals surface area contributed by atoms with E-state index in [0.717, 1.165) is 12.8 Å². The first-order valence-corrected chi connectivity index (χ1v) is 4.67. The highest BCUT2D eigenvalue weighted by atomic mass is 16.6. The largest absolute Gasteiger partial charge is 0.390 e. The van der Waals surface area contributed by atoms with Crippen LogP contribution in [-0.2, 0) is 4.74 Å². The second-order valence-corrected chi connectivity index (χ2v) is 4.64. The Morgan fingerprint density at radius 3 is 2.67 bits per heavy atom. The van der Waals surface area contributed by atoms with Gasteiger partial charge in [-0.05, 0) is 31.6 Å². The van der Waals surface area contributed by atoms with Crippen LogP contribution in [0.5, 0.6) is 0 Å².